The number of aromatic nitrogens is 1. The summed E-state index contributed by atoms with van der Waals surface area (Å²) < 4.78 is 0. The van der Waals surface area contributed by atoms with Crippen LogP contribution < -0.4 is 10.6 Å². The first-order valence-electron chi connectivity index (χ1n) is 6.56. The van der Waals surface area contributed by atoms with Gasteiger partial charge in [0.15, 0.2) is 0 Å². The molecule has 0 bridgehead atoms. The van der Waals surface area contributed by atoms with E-state index >= 15 is 0 Å². The molecule has 0 spiro atoms. The number of anilines is 2. The van der Waals surface area contributed by atoms with Gasteiger partial charge in [-0.1, -0.05) is 23.2 Å². The first-order valence-corrected chi connectivity index (χ1v) is 7.32. The van der Waals surface area contributed by atoms with Gasteiger partial charge in [-0.15, -0.1) is 0 Å². The van der Waals surface area contributed by atoms with Crippen molar-refractivity contribution in [3.05, 3.63) is 52.3 Å². The van der Waals surface area contributed by atoms with Crippen molar-refractivity contribution < 1.29 is 4.79 Å². The Morgan fingerprint density at radius 2 is 2.24 bits per heavy atom. The fraction of sp³-hybridized carbons (Fsp3) is 0.200. The van der Waals surface area contributed by atoms with Gasteiger partial charge < -0.3 is 10.6 Å². The summed E-state index contributed by atoms with van der Waals surface area (Å²) >= 11 is 12.0. The Kier molecular flexibility index (Phi) is 3.99. The Bertz CT molecular complexity index is 690. The number of halogens is 2. The molecule has 108 valence electrons. The molecule has 0 saturated heterocycles. The van der Waals surface area contributed by atoms with E-state index < -0.39 is 0 Å². The number of benzene rings is 1. The minimum Gasteiger partial charge on any atom is -0.384 e. The molecule has 1 aromatic carbocycles. The predicted molar refractivity (Wildman–Crippen MR) is 85.2 cm³/mol. The number of pyridine rings is 1. The van der Waals surface area contributed by atoms with Crippen LogP contribution in [0.3, 0.4) is 0 Å². The number of carbonyl (C=O) groups excluding carboxylic acids is 1. The average Bonchev–Trinajstić information content (AvgIpc) is 2.84. The van der Waals surface area contributed by atoms with Gasteiger partial charge in [0.1, 0.15) is 0 Å². The molecule has 1 aromatic heterocycles. The van der Waals surface area contributed by atoms with Crippen molar-refractivity contribution in [2.24, 2.45) is 0 Å². The van der Waals surface area contributed by atoms with Crippen LogP contribution in [0.15, 0.2) is 36.7 Å². The summed E-state index contributed by atoms with van der Waals surface area (Å²) in [7, 11) is 0. The molecule has 1 atom stereocenters. The Labute approximate surface area is 132 Å². The minimum absolute atomic E-state index is 0.0808. The number of fused-ring (bicyclic) bond motifs is 1. The average molecular weight is 322 g/mol. The standard InChI is InChI=1S/C15H13Cl2N3O/c16-10-1-2-13-11(6-10)9(7-19-13)5-15(21)20-14-3-4-18-8-12(14)17/h1-4,6,8-9,19H,5,7H2,(H,18,20,21). The molecule has 0 aliphatic carbocycles. The van der Waals surface area contributed by atoms with Gasteiger partial charge in [-0.3, -0.25) is 9.78 Å². The maximum absolute atomic E-state index is 12.2. The number of rotatable bonds is 3. The zero-order chi connectivity index (χ0) is 14.8. The maximum Gasteiger partial charge on any atom is 0.225 e. The molecule has 6 heteroatoms. The zero-order valence-electron chi connectivity index (χ0n) is 11.1. The van der Waals surface area contributed by atoms with Crippen molar-refractivity contribution in [2.45, 2.75) is 12.3 Å². The molecular weight excluding hydrogens is 309 g/mol. The quantitative estimate of drug-likeness (QED) is 0.900. The topological polar surface area (TPSA) is 54.0 Å². The van der Waals surface area contributed by atoms with Crippen LogP contribution in [0.25, 0.3) is 0 Å². The highest BCUT2D eigenvalue weighted by Crippen LogP contribution is 2.35. The third-order valence-corrected chi connectivity index (χ3v) is 4.01. The lowest BCUT2D eigenvalue weighted by Crippen LogP contribution is -2.17. The second kappa shape index (κ2) is 5.92. The van der Waals surface area contributed by atoms with Crippen molar-refractivity contribution >= 4 is 40.5 Å². The highest BCUT2D eigenvalue weighted by Gasteiger charge is 2.24. The molecule has 2 aromatic rings. The Morgan fingerprint density at radius 1 is 1.38 bits per heavy atom. The van der Waals surface area contributed by atoms with E-state index in [2.05, 4.69) is 15.6 Å². The third-order valence-electron chi connectivity index (χ3n) is 3.47. The first kappa shape index (κ1) is 14.2. The molecule has 0 fully saturated rings. The van der Waals surface area contributed by atoms with E-state index in [1.165, 1.54) is 6.20 Å². The van der Waals surface area contributed by atoms with Gasteiger partial charge >= 0.3 is 0 Å². The van der Waals surface area contributed by atoms with E-state index in [1.54, 1.807) is 12.3 Å². The third kappa shape index (κ3) is 3.12. The van der Waals surface area contributed by atoms with Gasteiger partial charge in [-0.05, 0) is 29.8 Å². The zero-order valence-corrected chi connectivity index (χ0v) is 12.6. The number of nitrogens with zero attached hydrogens (tertiary/aromatic N) is 1. The van der Waals surface area contributed by atoms with Gasteiger partial charge in [0.25, 0.3) is 0 Å². The van der Waals surface area contributed by atoms with Crippen molar-refractivity contribution in [1.29, 1.82) is 0 Å². The lowest BCUT2D eigenvalue weighted by molar-refractivity contribution is -0.116. The smallest absolute Gasteiger partial charge is 0.225 e. The summed E-state index contributed by atoms with van der Waals surface area (Å²) in [6.45, 7) is 0.729. The van der Waals surface area contributed by atoms with Crippen molar-refractivity contribution in [1.82, 2.24) is 4.98 Å². The summed E-state index contributed by atoms with van der Waals surface area (Å²) in [5.74, 6) is 0.0297. The van der Waals surface area contributed by atoms with Gasteiger partial charge in [0.05, 0.1) is 10.7 Å². The molecule has 4 nitrogen and oxygen atoms in total. The Hall–Kier alpha value is -1.78. The van der Waals surface area contributed by atoms with E-state index in [0.717, 1.165) is 17.8 Å². The van der Waals surface area contributed by atoms with Crippen LogP contribution >= 0.6 is 23.2 Å². The Balaban J connectivity index is 1.70. The molecule has 1 unspecified atom stereocenters. The first-order chi connectivity index (χ1) is 10.1. The van der Waals surface area contributed by atoms with Crippen LogP contribution in [0, 0.1) is 0 Å². The van der Waals surface area contributed by atoms with Crippen LogP contribution in [0.2, 0.25) is 10.0 Å². The second-order valence-electron chi connectivity index (χ2n) is 4.92. The van der Waals surface area contributed by atoms with Crippen LogP contribution in [0.5, 0.6) is 0 Å². The maximum atomic E-state index is 12.2. The van der Waals surface area contributed by atoms with Gasteiger partial charge in [-0.25, -0.2) is 0 Å². The summed E-state index contributed by atoms with van der Waals surface area (Å²) in [5.41, 5.74) is 2.70. The summed E-state index contributed by atoms with van der Waals surface area (Å²) in [6.07, 6.45) is 3.47. The molecule has 0 radical (unpaired) electrons. The minimum atomic E-state index is -0.0808. The van der Waals surface area contributed by atoms with E-state index in [-0.39, 0.29) is 11.8 Å². The summed E-state index contributed by atoms with van der Waals surface area (Å²) in [6, 6.07) is 7.37. The SMILES string of the molecule is O=C(CC1CNc2ccc(Cl)cc21)Nc1ccncc1Cl. The van der Waals surface area contributed by atoms with Crippen molar-refractivity contribution in [3.63, 3.8) is 0 Å². The van der Waals surface area contributed by atoms with Gasteiger partial charge in [0.2, 0.25) is 5.91 Å². The number of nitrogens with one attached hydrogen (secondary N) is 2. The highest BCUT2D eigenvalue weighted by molar-refractivity contribution is 6.33. The Morgan fingerprint density at radius 3 is 3.05 bits per heavy atom. The fourth-order valence-corrected chi connectivity index (χ4v) is 2.81. The van der Waals surface area contributed by atoms with E-state index in [4.69, 9.17) is 23.2 Å². The van der Waals surface area contributed by atoms with Crippen molar-refractivity contribution in [2.75, 3.05) is 17.2 Å². The molecule has 1 aliphatic heterocycles. The number of hydrogen-bond acceptors (Lipinski definition) is 3. The lowest BCUT2D eigenvalue weighted by Gasteiger charge is -2.11. The number of carbonyl (C=O) groups is 1. The second-order valence-corrected chi connectivity index (χ2v) is 5.76. The van der Waals surface area contributed by atoms with Crippen molar-refractivity contribution in [3.8, 4) is 0 Å². The van der Waals surface area contributed by atoms with Gasteiger partial charge in [-0.2, -0.15) is 0 Å². The molecule has 0 saturated carbocycles. The monoisotopic (exact) mass is 321 g/mol. The van der Waals surface area contributed by atoms with E-state index in [9.17, 15) is 4.79 Å². The normalized spacial score (nSPS) is 16.2. The molecular formula is C15H13Cl2N3O. The molecule has 2 N–H and O–H groups in total. The predicted octanol–water partition coefficient (Wildman–Crippen LogP) is 3.93. The fourth-order valence-electron chi connectivity index (χ4n) is 2.46. The lowest BCUT2D eigenvalue weighted by atomic mass is 9.97. The molecule has 21 heavy (non-hydrogen) atoms. The molecule has 2 heterocycles. The molecule has 3 rings (SSSR count). The van der Waals surface area contributed by atoms with Crippen LogP contribution in [-0.2, 0) is 4.79 Å². The highest BCUT2D eigenvalue weighted by atomic mass is 35.5. The van der Waals surface area contributed by atoms with Crippen LogP contribution in [-0.4, -0.2) is 17.4 Å². The number of hydrogen-bond donors (Lipinski definition) is 2. The van der Waals surface area contributed by atoms with E-state index in [1.807, 2.05) is 18.2 Å². The summed E-state index contributed by atoms with van der Waals surface area (Å²) in [4.78, 5) is 16.1. The van der Waals surface area contributed by atoms with E-state index in [0.29, 0.717) is 22.2 Å². The molecule has 1 amide bonds. The largest absolute Gasteiger partial charge is 0.384 e. The number of amides is 1. The molecule has 1 aliphatic rings. The van der Waals surface area contributed by atoms with Gasteiger partial charge in [0, 0.05) is 42.0 Å². The van der Waals surface area contributed by atoms with Crippen LogP contribution in [0.1, 0.15) is 17.9 Å². The van der Waals surface area contributed by atoms with Crippen LogP contribution in [0.4, 0.5) is 11.4 Å². The summed E-state index contributed by atoms with van der Waals surface area (Å²) in [5, 5.41) is 7.20.